The van der Waals surface area contributed by atoms with Crippen LogP contribution in [0.15, 0.2) is 27.4 Å². The van der Waals surface area contributed by atoms with Crippen molar-refractivity contribution in [3.8, 4) is 5.75 Å². The van der Waals surface area contributed by atoms with E-state index in [4.69, 9.17) is 9.84 Å². The highest BCUT2D eigenvalue weighted by Crippen LogP contribution is 2.41. The Morgan fingerprint density at radius 1 is 1.25 bits per heavy atom. The number of ether oxygens (including phenoxy) is 1. The Labute approximate surface area is 218 Å². The average molecular weight is 535 g/mol. The van der Waals surface area contributed by atoms with Crippen LogP contribution < -0.4 is 10.1 Å². The summed E-state index contributed by atoms with van der Waals surface area (Å²) >= 11 is 2.69. The summed E-state index contributed by atoms with van der Waals surface area (Å²) in [6, 6.07) is 3.60. The van der Waals surface area contributed by atoms with Crippen LogP contribution in [0, 0.1) is 18.8 Å². The first kappa shape index (κ1) is 27.5. The van der Waals surface area contributed by atoms with Gasteiger partial charge in [0.2, 0.25) is 11.8 Å². The number of nitrogens with one attached hydrogen (secondary N) is 1. The normalized spacial score (nSPS) is 16.2. The third-order valence-electron chi connectivity index (χ3n) is 6.01. The lowest BCUT2D eigenvalue weighted by molar-refractivity contribution is -0.139. The molecule has 1 saturated carbocycles. The second-order valence-electron chi connectivity index (χ2n) is 8.51. The van der Waals surface area contributed by atoms with Gasteiger partial charge in [0.25, 0.3) is 5.91 Å². The molecule has 0 spiro atoms. The summed E-state index contributed by atoms with van der Waals surface area (Å²) in [4.78, 5) is 56.4. The monoisotopic (exact) mass is 534 g/mol. The Morgan fingerprint density at radius 3 is 2.56 bits per heavy atom. The molecular weight excluding hydrogens is 504 g/mol. The quantitative estimate of drug-likeness (QED) is 0.450. The maximum absolute atomic E-state index is 13.4. The molecule has 0 aliphatic heterocycles. The van der Waals surface area contributed by atoms with E-state index in [9.17, 15) is 19.2 Å². The van der Waals surface area contributed by atoms with E-state index in [0.29, 0.717) is 42.5 Å². The fourth-order valence-electron chi connectivity index (χ4n) is 3.54. The molecule has 3 amide bonds. The van der Waals surface area contributed by atoms with Gasteiger partial charge in [-0.15, -0.1) is 0 Å². The van der Waals surface area contributed by atoms with Gasteiger partial charge in [0.15, 0.2) is 5.13 Å². The third kappa shape index (κ3) is 6.55. The Hall–Kier alpha value is -3.12. The van der Waals surface area contributed by atoms with Gasteiger partial charge in [-0.05, 0) is 38.0 Å². The van der Waals surface area contributed by atoms with E-state index >= 15 is 0 Å². The molecule has 0 radical (unpaired) electrons. The van der Waals surface area contributed by atoms with E-state index in [2.05, 4.69) is 10.3 Å². The van der Waals surface area contributed by atoms with Crippen LogP contribution in [0.2, 0.25) is 0 Å². The molecule has 0 saturated heterocycles. The molecule has 1 aromatic carbocycles. The molecule has 36 heavy (non-hydrogen) atoms. The topological polar surface area (TPSA) is 129 Å². The smallest absolute Gasteiger partial charge is 0.307 e. The number of hydrogen-bond donors (Lipinski definition) is 2. The highest BCUT2D eigenvalue weighted by molar-refractivity contribution is 8.01. The molecule has 194 valence electrons. The number of amides is 3. The van der Waals surface area contributed by atoms with Crippen LogP contribution in [0.3, 0.4) is 0 Å². The van der Waals surface area contributed by atoms with Gasteiger partial charge in [-0.1, -0.05) is 23.1 Å². The van der Waals surface area contributed by atoms with Crippen LogP contribution in [0.1, 0.15) is 36.2 Å². The zero-order valence-corrected chi connectivity index (χ0v) is 22.5. The van der Waals surface area contributed by atoms with E-state index in [1.807, 2.05) is 19.9 Å². The van der Waals surface area contributed by atoms with Crippen LogP contribution in [0.5, 0.6) is 5.75 Å². The second-order valence-corrected chi connectivity index (χ2v) is 10.9. The highest BCUT2D eigenvalue weighted by atomic mass is 32.2. The number of aryl methyl sites for hydroxylation is 1. The minimum absolute atomic E-state index is 0.0657. The predicted molar refractivity (Wildman–Crippen MR) is 137 cm³/mol. The van der Waals surface area contributed by atoms with Crippen molar-refractivity contribution in [3.63, 3.8) is 0 Å². The predicted octanol–water partition coefficient (Wildman–Crippen LogP) is 3.21. The molecular formula is C24H30N4O6S2. The van der Waals surface area contributed by atoms with Gasteiger partial charge in [0.1, 0.15) is 5.75 Å². The number of benzene rings is 1. The van der Waals surface area contributed by atoms with Crippen LogP contribution in [-0.2, 0) is 14.4 Å². The standard InChI is InChI=1S/C24H30N4O6S2/c1-6-28(8-7-27(4)14(3)29)22(31)17-11-19(13(2)9-18(17)34-5)35-20-12-25-24(36-20)26-21(30)15-10-16(15)23(32)33/h9,11-12,15-16H,6-8,10H2,1-5H3,(H,32,33)(H,25,26,30). The number of carbonyl (C=O) groups is 4. The van der Waals surface area contributed by atoms with Crippen molar-refractivity contribution in [2.24, 2.45) is 11.8 Å². The summed E-state index contributed by atoms with van der Waals surface area (Å²) < 4.78 is 6.30. The first-order valence-electron chi connectivity index (χ1n) is 11.4. The lowest BCUT2D eigenvalue weighted by atomic mass is 10.1. The number of nitrogens with zero attached hydrogens (tertiary/aromatic N) is 3. The summed E-state index contributed by atoms with van der Waals surface area (Å²) in [6.45, 7) is 6.59. The number of carboxylic acids is 1. The van der Waals surface area contributed by atoms with E-state index in [0.717, 1.165) is 14.7 Å². The van der Waals surface area contributed by atoms with Gasteiger partial charge >= 0.3 is 5.97 Å². The zero-order chi connectivity index (χ0) is 26.6. The van der Waals surface area contributed by atoms with Crippen molar-refractivity contribution in [1.82, 2.24) is 14.8 Å². The zero-order valence-electron chi connectivity index (χ0n) is 20.9. The molecule has 1 heterocycles. The van der Waals surface area contributed by atoms with Crippen molar-refractivity contribution < 1.29 is 29.0 Å². The number of thiazole rings is 1. The minimum atomic E-state index is -0.960. The van der Waals surface area contributed by atoms with Crippen molar-refractivity contribution >= 4 is 51.9 Å². The van der Waals surface area contributed by atoms with Gasteiger partial charge in [-0.2, -0.15) is 0 Å². The molecule has 2 atom stereocenters. The number of carboxylic acid groups (broad SMARTS) is 1. The molecule has 2 unspecified atom stereocenters. The Bertz CT molecular complexity index is 1170. The highest BCUT2D eigenvalue weighted by Gasteiger charge is 2.48. The molecule has 1 aromatic heterocycles. The van der Waals surface area contributed by atoms with Gasteiger partial charge in [-0.25, -0.2) is 4.98 Å². The van der Waals surface area contributed by atoms with Gasteiger partial charge in [-0.3, -0.25) is 19.2 Å². The maximum Gasteiger partial charge on any atom is 0.307 e. The molecule has 2 aromatic rings. The first-order valence-corrected chi connectivity index (χ1v) is 13.1. The largest absolute Gasteiger partial charge is 0.496 e. The molecule has 10 nitrogen and oxygen atoms in total. The first-order chi connectivity index (χ1) is 17.0. The molecule has 0 bridgehead atoms. The Balaban J connectivity index is 1.74. The number of methoxy groups -OCH3 is 1. The number of carbonyl (C=O) groups excluding carboxylic acids is 3. The van der Waals surface area contributed by atoms with Crippen LogP contribution in [0.4, 0.5) is 5.13 Å². The number of hydrogen-bond acceptors (Lipinski definition) is 8. The van der Waals surface area contributed by atoms with Crippen molar-refractivity contribution in [1.29, 1.82) is 0 Å². The SMILES string of the molecule is CCN(CCN(C)C(C)=O)C(=O)c1cc(Sc2cnc(NC(=O)C3CC3C(=O)O)s2)c(C)cc1OC. The number of likely N-dealkylation sites (N-methyl/N-ethyl adjacent to an activating group) is 2. The van der Waals surface area contributed by atoms with E-state index in [1.54, 1.807) is 29.1 Å². The van der Waals surface area contributed by atoms with E-state index in [-0.39, 0.29) is 17.7 Å². The number of rotatable bonds is 11. The molecule has 1 aliphatic carbocycles. The fourth-order valence-corrected chi connectivity index (χ4v) is 5.48. The summed E-state index contributed by atoms with van der Waals surface area (Å²) in [7, 11) is 3.22. The second kappa shape index (κ2) is 11.7. The molecule has 12 heteroatoms. The summed E-state index contributed by atoms with van der Waals surface area (Å²) in [6.07, 6.45) is 1.98. The number of aromatic nitrogens is 1. The summed E-state index contributed by atoms with van der Waals surface area (Å²) in [5.74, 6) is -2.23. The van der Waals surface area contributed by atoms with Gasteiger partial charge < -0.3 is 25.0 Å². The lowest BCUT2D eigenvalue weighted by Gasteiger charge is -2.25. The van der Waals surface area contributed by atoms with E-state index < -0.39 is 17.8 Å². The summed E-state index contributed by atoms with van der Waals surface area (Å²) in [5.41, 5.74) is 1.33. The van der Waals surface area contributed by atoms with Crippen molar-refractivity contribution in [2.45, 2.75) is 36.3 Å². The maximum atomic E-state index is 13.4. The Morgan fingerprint density at radius 2 is 1.97 bits per heavy atom. The van der Waals surface area contributed by atoms with Crippen LogP contribution in [-0.4, -0.2) is 77.4 Å². The van der Waals surface area contributed by atoms with Crippen molar-refractivity contribution in [2.75, 3.05) is 39.1 Å². The third-order valence-corrected chi connectivity index (χ3v) is 8.18. The van der Waals surface area contributed by atoms with Crippen LogP contribution >= 0.6 is 23.1 Å². The molecule has 3 rings (SSSR count). The van der Waals surface area contributed by atoms with Gasteiger partial charge in [0, 0.05) is 38.5 Å². The van der Waals surface area contributed by atoms with Crippen molar-refractivity contribution in [3.05, 3.63) is 29.5 Å². The van der Waals surface area contributed by atoms with Gasteiger partial charge in [0.05, 0.1) is 34.9 Å². The average Bonchev–Trinajstić information content (AvgIpc) is 3.54. The minimum Gasteiger partial charge on any atom is -0.496 e. The molecule has 1 aliphatic rings. The fraction of sp³-hybridized carbons (Fsp3) is 0.458. The number of aliphatic carboxylic acids is 1. The lowest BCUT2D eigenvalue weighted by Crippen LogP contribution is -2.38. The van der Waals surface area contributed by atoms with Crippen LogP contribution in [0.25, 0.3) is 0 Å². The number of anilines is 1. The Kier molecular flexibility index (Phi) is 8.96. The molecule has 2 N–H and O–H groups in total. The van der Waals surface area contributed by atoms with E-state index in [1.165, 1.54) is 37.1 Å². The summed E-state index contributed by atoms with van der Waals surface area (Å²) in [5, 5.41) is 12.1. The molecule has 1 fully saturated rings.